The van der Waals surface area contributed by atoms with Crippen LogP contribution < -0.4 is 4.72 Å². The molecule has 0 radical (unpaired) electrons. The standard InChI is InChI=1S/C23H34NO2S2/c1-5-6-7-8-9-22(27(4)21-14-10-19(2)11-15-21)18-24-28(25,26)23-16-12-20(3)13-17-23/h10-17,22,24H,5-9,18H2,1-4H3/q+1/t22-,27?/m1/s1. The lowest BCUT2D eigenvalue weighted by atomic mass is 10.1. The second kappa shape index (κ2) is 11.0. The van der Waals surface area contributed by atoms with Crippen molar-refractivity contribution in [3.8, 4) is 0 Å². The molecule has 1 unspecified atom stereocenters. The maximum atomic E-state index is 12.7. The second-order valence-corrected chi connectivity index (χ2v) is 11.5. The van der Waals surface area contributed by atoms with E-state index in [9.17, 15) is 8.42 Å². The Morgan fingerprint density at radius 3 is 2.04 bits per heavy atom. The van der Waals surface area contributed by atoms with E-state index in [1.165, 1.54) is 29.7 Å². The van der Waals surface area contributed by atoms with Crippen LogP contribution in [-0.4, -0.2) is 26.5 Å². The molecule has 154 valence electrons. The molecule has 2 aromatic rings. The van der Waals surface area contributed by atoms with Gasteiger partial charge in [0, 0.05) is 10.9 Å². The summed E-state index contributed by atoms with van der Waals surface area (Å²) in [6.45, 7) is 6.75. The van der Waals surface area contributed by atoms with Gasteiger partial charge in [0.05, 0.1) is 11.4 Å². The van der Waals surface area contributed by atoms with Crippen molar-refractivity contribution in [1.29, 1.82) is 0 Å². The molecule has 0 saturated carbocycles. The zero-order valence-corrected chi connectivity index (χ0v) is 19.2. The van der Waals surface area contributed by atoms with Crippen LogP contribution in [0.2, 0.25) is 0 Å². The van der Waals surface area contributed by atoms with Gasteiger partial charge in [0.1, 0.15) is 11.5 Å². The van der Waals surface area contributed by atoms with E-state index in [1.807, 2.05) is 19.1 Å². The molecule has 3 nitrogen and oxygen atoms in total. The van der Waals surface area contributed by atoms with Gasteiger partial charge in [-0.3, -0.25) is 0 Å². The molecule has 0 aliphatic rings. The molecule has 2 atom stereocenters. The van der Waals surface area contributed by atoms with E-state index >= 15 is 0 Å². The molecule has 1 N–H and O–H groups in total. The molecule has 0 amide bonds. The van der Waals surface area contributed by atoms with Gasteiger partial charge in [-0.2, -0.15) is 0 Å². The van der Waals surface area contributed by atoms with Gasteiger partial charge in [0.25, 0.3) is 0 Å². The van der Waals surface area contributed by atoms with Gasteiger partial charge < -0.3 is 0 Å². The average Bonchev–Trinajstić information content (AvgIpc) is 2.68. The minimum absolute atomic E-state index is 0.00658. The first kappa shape index (κ1) is 23.0. The number of benzene rings is 2. The Bertz CT molecular complexity index is 815. The lowest BCUT2D eigenvalue weighted by Crippen LogP contribution is -2.36. The van der Waals surface area contributed by atoms with Gasteiger partial charge >= 0.3 is 0 Å². The van der Waals surface area contributed by atoms with E-state index in [4.69, 9.17) is 0 Å². The largest absolute Gasteiger partial charge is 0.240 e. The number of aryl methyl sites for hydroxylation is 2. The molecule has 0 aliphatic heterocycles. The summed E-state index contributed by atoms with van der Waals surface area (Å²) in [5.74, 6) is 0. The van der Waals surface area contributed by atoms with Gasteiger partial charge in [-0.05, 0) is 51.0 Å². The van der Waals surface area contributed by atoms with Crippen LogP contribution in [0.1, 0.15) is 50.2 Å². The topological polar surface area (TPSA) is 46.2 Å². The van der Waals surface area contributed by atoms with Crippen LogP contribution in [0.15, 0.2) is 58.3 Å². The maximum absolute atomic E-state index is 12.7. The summed E-state index contributed by atoms with van der Waals surface area (Å²) in [5, 5.41) is 0.305. The molecule has 0 bridgehead atoms. The Labute approximate surface area is 174 Å². The Kier molecular flexibility index (Phi) is 9.06. The Morgan fingerprint density at radius 2 is 1.46 bits per heavy atom. The quantitative estimate of drug-likeness (QED) is 0.400. The second-order valence-electron chi connectivity index (χ2n) is 7.51. The van der Waals surface area contributed by atoms with Gasteiger partial charge in [-0.1, -0.05) is 61.6 Å². The smallest absolute Gasteiger partial charge is 0.207 e. The first-order valence-corrected chi connectivity index (χ1v) is 13.3. The summed E-state index contributed by atoms with van der Waals surface area (Å²) < 4.78 is 28.3. The van der Waals surface area contributed by atoms with Crippen LogP contribution in [0.25, 0.3) is 0 Å². The molecule has 0 aromatic heterocycles. The van der Waals surface area contributed by atoms with Crippen molar-refractivity contribution in [1.82, 2.24) is 4.72 Å². The van der Waals surface area contributed by atoms with E-state index in [2.05, 4.69) is 49.1 Å². The predicted octanol–water partition coefficient (Wildman–Crippen LogP) is 5.23. The molecule has 0 saturated heterocycles. The van der Waals surface area contributed by atoms with Gasteiger partial charge in [-0.25, -0.2) is 13.1 Å². The fourth-order valence-electron chi connectivity index (χ4n) is 3.15. The minimum atomic E-state index is -3.48. The molecular weight excluding hydrogens is 386 g/mol. The van der Waals surface area contributed by atoms with Crippen molar-refractivity contribution in [2.45, 2.75) is 67.9 Å². The fraction of sp³-hybridized carbons (Fsp3) is 0.478. The molecule has 0 aliphatic carbocycles. The van der Waals surface area contributed by atoms with Crippen molar-refractivity contribution in [2.75, 3.05) is 12.8 Å². The van der Waals surface area contributed by atoms with Crippen LogP contribution >= 0.6 is 0 Å². The highest BCUT2D eigenvalue weighted by Gasteiger charge is 2.29. The lowest BCUT2D eigenvalue weighted by molar-refractivity contribution is 0.570. The molecule has 2 rings (SSSR count). The van der Waals surface area contributed by atoms with Crippen molar-refractivity contribution in [2.24, 2.45) is 0 Å². The number of rotatable bonds is 11. The number of hydrogen-bond donors (Lipinski definition) is 1. The molecule has 2 aromatic carbocycles. The van der Waals surface area contributed by atoms with E-state index in [1.54, 1.807) is 12.1 Å². The number of nitrogens with one attached hydrogen (secondary N) is 1. The van der Waals surface area contributed by atoms with E-state index < -0.39 is 10.0 Å². The molecule has 28 heavy (non-hydrogen) atoms. The van der Waals surface area contributed by atoms with Crippen LogP contribution in [-0.2, 0) is 20.9 Å². The lowest BCUT2D eigenvalue weighted by Gasteiger charge is -2.17. The summed E-state index contributed by atoms with van der Waals surface area (Å²) in [7, 11) is -3.48. The molecule has 0 fully saturated rings. The highest BCUT2D eigenvalue weighted by atomic mass is 32.2. The van der Waals surface area contributed by atoms with Crippen LogP contribution in [0.4, 0.5) is 0 Å². The maximum Gasteiger partial charge on any atom is 0.240 e. The first-order chi connectivity index (χ1) is 13.3. The third-order valence-electron chi connectivity index (χ3n) is 5.10. The zero-order valence-electron chi connectivity index (χ0n) is 17.6. The highest BCUT2D eigenvalue weighted by molar-refractivity contribution is 7.97. The van der Waals surface area contributed by atoms with Crippen molar-refractivity contribution < 1.29 is 8.42 Å². The van der Waals surface area contributed by atoms with Crippen molar-refractivity contribution in [3.05, 3.63) is 59.7 Å². The number of unbranched alkanes of at least 4 members (excludes halogenated alkanes) is 3. The Balaban J connectivity index is 2.09. The molecule has 5 heteroatoms. The summed E-state index contributed by atoms with van der Waals surface area (Å²) in [4.78, 5) is 1.65. The van der Waals surface area contributed by atoms with Crippen molar-refractivity contribution in [3.63, 3.8) is 0 Å². The third kappa shape index (κ3) is 6.94. The fourth-order valence-corrected chi connectivity index (χ4v) is 6.14. The Hall–Kier alpha value is -1.30. The van der Waals surface area contributed by atoms with Crippen LogP contribution in [0, 0.1) is 13.8 Å². The first-order valence-electron chi connectivity index (χ1n) is 10.1. The SMILES string of the molecule is CCCCCC[C@H](CNS(=O)(=O)c1ccc(C)cc1)[S+](C)c1ccc(C)cc1. The minimum Gasteiger partial charge on any atom is -0.207 e. The normalized spacial score (nSPS) is 14.0. The van der Waals surface area contributed by atoms with Crippen LogP contribution in [0.3, 0.4) is 0 Å². The predicted molar refractivity (Wildman–Crippen MR) is 122 cm³/mol. The van der Waals surface area contributed by atoms with E-state index in [0.29, 0.717) is 16.7 Å². The summed E-state index contributed by atoms with van der Waals surface area (Å²) in [6.07, 6.45) is 8.10. The summed E-state index contributed by atoms with van der Waals surface area (Å²) in [5.41, 5.74) is 2.31. The summed E-state index contributed by atoms with van der Waals surface area (Å²) in [6, 6.07) is 15.7. The average molecular weight is 421 g/mol. The van der Waals surface area contributed by atoms with Gasteiger partial charge in [0.2, 0.25) is 10.0 Å². The van der Waals surface area contributed by atoms with E-state index in [-0.39, 0.29) is 10.9 Å². The van der Waals surface area contributed by atoms with Gasteiger partial charge in [0.15, 0.2) is 4.90 Å². The highest BCUT2D eigenvalue weighted by Crippen LogP contribution is 2.22. The Morgan fingerprint density at radius 1 is 0.893 bits per heavy atom. The van der Waals surface area contributed by atoms with E-state index in [0.717, 1.165) is 18.4 Å². The van der Waals surface area contributed by atoms with Crippen LogP contribution in [0.5, 0.6) is 0 Å². The molecular formula is C23H34NO2S2+. The zero-order chi connectivity index (χ0) is 20.6. The monoisotopic (exact) mass is 420 g/mol. The molecule has 0 spiro atoms. The number of sulfonamides is 1. The third-order valence-corrected chi connectivity index (χ3v) is 8.96. The molecule has 0 heterocycles. The van der Waals surface area contributed by atoms with Gasteiger partial charge in [-0.15, -0.1) is 0 Å². The number of hydrogen-bond acceptors (Lipinski definition) is 2. The summed E-state index contributed by atoms with van der Waals surface area (Å²) >= 11 is 0. The van der Waals surface area contributed by atoms with Crippen molar-refractivity contribution >= 4 is 20.9 Å².